The minimum absolute atomic E-state index is 0.748. The summed E-state index contributed by atoms with van der Waals surface area (Å²) >= 11 is 0. The Morgan fingerprint density at radius 1 is 0.333 bits per heavy atom. The van der Waals surface area contributed by atoms with Crippen molar-refractivity contribution >= 4 is 28.4 Å². The highest BCUT2D eigenvalue weighted by molar-refractivity contribution is 5.38. The summed E-state index contributed by atoms with van der Waals surface area (Å²) in [6.45, 7) is 0. The molecule has 0 N–H and O–H groups in total. The molecule has 13 heteroatoms. The van der Waals surface area contributed by atoms with E-state index in [9.17, 15) is 0 Å². The molecular weight excluding hydrogens is 566 g/mol. The maximum atomic E-state index is 4.08. The summed E-state index contributed by atoms with van der Waals surface area (Å²) in [5.74, 6) is 0.748. The molecule has 0 aliphatic carbocycles. The molecule has 0 aliphatic heterocycles. The van der Waals surface area contributed by atoms with Gasteiger partial charge in [-0.3, -0.25) is 13.8 Å². The lowest BCUT2D eigenvalue weighted by Gasteiger charge is -1.86. The van der Waals surface area contributed by atoms with E-state index in [-0.39, 0.29) is 0 Å². The fourth-order valence-electron chi connectivity index (χ4n) is 4.03. The molecule has 0 atom stereocenters. The third-order valence-electron chi connectivity index (χ3n) is 6.18. The summed E-state index contributed by atoms with van der Waals surface area (Å²) in [5.41, 5.74) is 3.82. The van der Waals surface area contributed by atoms with Gasteiger partial charge in [0.1, 0.15) is 23.3 Å². The molecule has 0 amide bonds. The highest BCUT2D eigenvalue weighted by atomic mass is 15.1. The molecule has 0 aromatic carbocycles. The second-order valence-corrected chi connectivity index (χ2v) is 9.08. The highest BCUT2D eigenvalue weighted by Gasteiger charge is 1.89. The molecule has 0 bridgehead atoms. The fraction of sp³-hybridized carbons (Fsp3) is 0. The lowest BCUT2D eigenvalue weighted by Crippen LogP contribution is -1.82. The predicted octanol–water partition coefficient (Wildman–Crippen LogP) is 4.86. The Bertz CT molecular complexity index is 1790. The Morgan fingerprint density at radius 3 is 1.47 bits per heavy atom. The highest BCUT2D eigenvalue weighted by Crippen LogP contribution is 1.98. The van der Waals surface area contributed by atoms with Gasteiger partial charge in [0.25, 0.3) is 0 Å². The molecule has 10 heterocycles. The van der Waals surface area contributed by atoms with Gasteiger partial charge in [-0.2, -0.15) is 0 Å². The van der Waals surface area contributed by atoms with Crippen LogP contribution in [0.15, 0.2) is 166 Å². The van der Waals surface area contributed by atoms with Crippen molar-refractivity contribution in [3.63, 3.8) is 0 Å². The second kappa shape index (κ2) is 14.4. The Morgan fingerprint density at radius 2 is 0.844 bits per heavy atom. The molecule has 10 aromatic rings. The van der Waals surface area contributed by atoms with Gasteiger partial charge in [0.2, 0.25) is 5.78 Å². The molecule has 13 nitrogen and oxygen atoms in total. The molecule has 0 spiro atoms. The quantitative estimate of drug-likeness (QED) is 0.244. The number of aromatic nitrogens is 13. The van der Waals surface area contributed by atoms with Gasteiger partial charge in [0.05, 0.1) is 6.20 Å². The molecule has 10 rings (SSSR count). The number of rotatable bonds is 0. The monoisotopic (exact) mass is 593 g/mol. The first kappa shape index (κ1) is 28.4. The van der Waals surface area contributed by atoms with Gasteiger partial charge >= 0.3 is 0 Å². The van der Waals surface area contributed by atoms with Crippen LogP contribution in [-0.4, -0.2) is 61.9 Å². The first-order chi connectivity index (χ1) is 22.3. The van der Waals surface area contributed by atoms with Crippen molar-refractivity contribution in [1.82, 2.24) is 61.9 Å². The molecule has 0 saturated carbocycles. The van der Waals surface area contributed by atoms with E-state index in [1.807, 2.05) is 126 Å². The van der Waals surface area contributed by atoms with Crippen LogP contribution in [0, 0.1) is 0 Å². The molecule has 220 valence electrons. The topological polar surface area (TPSA) is 125 Å². The van der Waals surface area contributed by atoms with Crippen molar-refractivity contribution in [1.29, 1.82) is 0 Å². The zero-order chi connectivity index (χ0) is 30.5. The van der Waals surface area contributed by atoms with Crippen LogP contribution in [0.5, 0.6) is 0 Å². The summed E-state index contributed by atoms with van der Waals surface area (Å²) in [6.07, 6.45) is 34.6. The third kappa shape index (κ3) is 7.55. The van der Waals surface area contributed by atoms with Crippen molar-refractivity contribution < 1.29 is 0 Å². The number of imidazole rings is 5. The Kier molecular flexibility index (Phi) is 9.09. The molecule has 10 aromatic heterocycles. The number of nitrogens with zero attached hydrogens (tertiary/aromatic N) is 13. The predicted molar refractivity (Wildman–Crippen MR) is 169 cm³/mol. The second-order valence-electron chi connectivity index (χ2n) is 9.08. The normalized spacial score (nSPS) is 10.2. The van der Waals surface area contributed by atoms with Crippen molar-refractivity contribution in [2.45, 2.75) is 0 Å². The number of fused-ring (bicyclic) bond motifs is 5. The minimum Gasteiger partial charge on any atom is -0.307 e. The summed E-state index contributed by atoms with van der Waals surface area (Å²) in [7, 11) is 0. The van der Waals surface area contributed by atoms with E-state index in [1.54, 1.807) is 62.1 Å². The Labute approximate surface area is 256 Å². The fourth-order valence-corrected chi connectivity index (χ4v) is 4.03. The van der Waals surface area contributed by atoms with Crippen molar-refractivity contribution in [2.75, 3.05) is 0 Å². The molecule has 0 unspecified atom stereocenters. The molecule has 0 radical (unpaired) electrons. The largest absolute Gasteiger partial charge is 0.307 e. The third-order valence-corrected chi connectivity index (χ3v) is 6.18. The average Bonchev–Trinajstić information content (AvgIpc) is 3.95. The van der Waals surface area contributed by atoms with Crippen LogP contribution < -0.4 is 0 Å². The minimum atomic E-state index is 0.748. The van der Waals surface area contributed by atoms with E-state index in [4.69, 9.17) is 0 Å². The molecule has 0 saturated heterocycles. The zero-order valence-corrected chi connectivity index (χ0v) is 23.9. The first-order valence-corrected chi connectivity index (χ1v) is 13.8. The van der Waals surface area contributed by atoms with Gasteiger partial charge in [-0.15, -0.1) is 0 Å². The van der Waals surface area contributed by atoms with Gasteiger partial charge in [-0.05, 0) is 36.4 Å². The van der Waals surface area contributed by atoms with Crippen LogP contribution in [0.25, 0.3) is 28.4 Å². The maximum Gasteiger partial charge on any atom is 0.233 e. The van der Waals surface area contributed by atoms with Gasteiger partial charge < -0.3 is 13.2 Å². The zero-order valence-electron chi connectivity index (χ0n) is 23.9. The summed E-state index contributed by atoms with van der Waals surface area (Å²) in [4.78, 5) is 32.0. The number of hydrogen-bond donors (Lipinski definition) is 0. The number of pyridine rings is 2. The standard InChI is InChI=1S/2C7H6N2.3C6H5N3/c2*1-2-5-9-6-4-8-7(9)3-1;1-3-9-4-2-8-6(9)5-7-1;1-2-7-5-9-4-3-8-6(1)9;1-2-7-6-8-3-5-9(6)4-1/h2*1-6H;3*1-5H. The van der Waals surface area contributed by atoms with Crippen molar-refractivity contribution in [2.24, 2.45) is 0 Å². The maximum absolute atomic E-state index is 4.08. The van der Waals surface area contributed by atoms with Crippen LogP contribution >= 0.6 is 0 Å². The van der Waals surface area contributed by atoms with Gasteiger partial charge in [-0.25, -0.2) is 34.9 Å². The van der Waals surface area contributed by atoms with E-state index in [0.717, 1.165) is 28.4 Å². The van der Waals surface area contributed by atoms with Crippen molar-refractivity contribution in [3.05, 3.63) is 166 Å². The first-order valence-electron chi connectivity index (χ1n) is 13.8. The molecule has 45 heavy (non-hydrogen) atoms. The average molecular weight is 594 g/mol. The molecule has 0 fully saturated rings. The summed E-state index contributed by atoms with van der Waals surface area (Å²) in [6, 6.07) is 15.6. The SMILES string of the molecule is c1cc2nccn2cn1.c1ccn2ccnc2c1.c1ccn2ccnc2c1.c1cn2ccnc2cn1.c1cnc2nccn2c1. The molecule has 0 aliphatic rings. The van der Waals surface area contributed by atoms with Crippen LogP contribution in [0.1, 0.15) is 0 Å². The van der Waals surface area contributed by atoms with Gasteiger partial charge in [0, 0.05) is 105 Å². The van der Waals surface area contributed by atoms with Crippen LogP contribution in [0.4, 0.5) is 0 Å². The van der Waals surface area contributed by atoms with Gasteiger partial charge in [0.15, 0.2) is 5.65 Å². The summed E-state index contributed by atoms with van der Waals surface area (Å²) in [5, 5.41) is 0. The Balaban J connectivity index is 0.0000000992. The van der Waals surface area contributed by atoms with E-state index in [2.05, 4.69) is 39.9 Å². The number of hydrogen-bond acceptors (Lipinski definition) is 8. The van der Waals surface area contributed by atoms with Crippen molar-refractivity contribution in [3.8, 4) is 0 Å². The van der Waals surface area contributed by atoms with Gasteiger partial charge in [-0.1, -0.05) is 12.1 Å². The molecular formula is C32H27N13. The van der Waals surface area contributed by atoms with E-state index in [0.29, 0.717) is 0 Å². The summed E-state index contributed by atoms with van der Waals surface area (Å²) < 4.78 is 9.58. The van der Waals surface area contributed by atoms with E-state index >= 15 is 0 Å². The van der Waals surface area contributed by atoms with Crippen LogP contribution in [0.2, 0.25) is 0 Å². The Hall–Kier alpha value is -6.76. The lowest BCUT2D eigenvalue weighted by molar-refractivity contribution is 1.09. The van der Waals surface area contributed by atoms with E-state index in [1.165, 1.54) is 0 Å². The lowest BCUT2D eigenvalue weighted by atomic mass is 10.5. The smallest absolute Gasteiger partial charge is 0.233 e. The van der Waals surface area contributed by atoms with Crippen LogP contribution in [-0.2, 0) is 0 Å². The van der Waals surface area contributed by atoms with Crippen LogP contribution in [0.3, 0.4) is 0 Å². The van der Waals surface area contributed by atoms with E-state index < -0.39 is 0 Å².